The molecule has 0 amide bonds. The first kappa shape index (κ1) is 15.9. The zero-order valence-electron chi connectivity index (χ0n) is 13.5. The normalized spacial score (nSPS) is 12.1. The second kappa shape index (κ2) is 6.62. The highest BCUT2D eigenvalue weighted by molar-refractivity contribution is 5.81. The highest BCUT2D eigenvalue weighted by Crippen LogP contribution is 2.21. The molecule has 0 saturated carbocycles. The standard InChI is InChI=1S/C18H17N3O3/c1-3-24-18(23)12(2)21-16(13-7-6-10-19-11-13)20-15-9-5-4-8-14(15)17(21)22/h4-12H,3H2,1-2H3. The number of aromatic nitrogens is 3. The van der Waals surface area contributed by atoms with Gasteiger partial charge >= 0.3 is 5.97 Å². The minimum atomic E-state index is -0.787. The Morgan fingerprint density at radius 1 is 1.25 bits per heavy atom. The third-order valence-corrected chi connectivity index (χ3v) is 3.74. The largest absolute Gasteiger partial charge is 0.464 e. The molecule has 1 atom stereocenters. The molecule has 6 nitrogen and oxygen atoms in total. The number of ether oxygens (including phenoxy) is 1. The summed E-state index contributed by atoms with van der Waals surface area (Å²) in [5.41, 5.74) is 0.963. The number of benzene rings is 1. The molecule has 2 heterocycles. The summed E-state index contributed by atoms with van der Waals surface area (Å²) in [6, 6.07) is 9.84. The van der Waals surface area contributed by atoms with Crippen LogP contribution in [-0.2, 0) is 9.53 Å². The van der Waals surface area contributed by atoms with Gasteiger partial charge in [-0.2, -0.15) is 0 Å². The Labute approximate surface area is 138 Å². The van der Waals surface area contributed by atoms with Gasteiger partial charge in [0.25, 0.3) is 5.56 Å². The van der Waals surface area contributed by atoms with Gasteiger partial charge in [0.2, 0.25) is 0 Å². The molecule has 0 bridgehead atoms. The van der Waals surface area contributed by atoms with Gasteiger partial charge in [0.05, 0.1) is 17.5 Å². The van der Waals surface area contributed by atoms with Gasteiger partial charge in [-0.1, -0.05) is 12.1 Å². The van der Waals surface area contributed by atoms with E-state index in [1.54, 1.807) is 56.6 Å². The summed E-state index contributed by atoms with van der Waals surface area (Å²) >= 11 is 0. The molecule has 0 aliphatic carbocycles. The first-order valence-corrected chi connectivity index (χ1v) is 7.71. The van der Waals surface area contributed by atoms with Crippen molar-refractivity contribution in [2.45, 2.75) is 19.9 Å². The molecule has 2 aromatic heterocycles. The van der Waals surface area contributed by atoms with Gasteiger partial charge in [0.1, 0.15) is 11.9 Å². The summed E-state index contributed by atoms with van der Waals surface area (Å²) in [4.78, 5) is 33.8. The van der Waals surface area contributed by atoms with Crippen LogP contribution in [0.25, 0.3) is 22.3 Å². The molecule has 0 spiro atoms. The van der Waals surface area contributed by atoms with Crippen LogP contribution in [-0.4, -0.2) is 27.1 Å². The molecule has 1 unspecified atom stereocenters. The molecule has 6 heteroatoms. The van der Waals surface area contributed by atoms with E-state index in [0.717, 1.165) is 0 Å². The SMILES string of the molecule is CCOC(=O)C(C)n1c(-c2cccnc2)nc2ccccc2c1=O. The fourth-order valence-electron chi connectivity index (χ4n) is 2.57. The number of nitrogens with zero attached hydrogens (tertiary/aromatic N) is 3. The fraction of sp³-hybridized carbons (Fsp3) is 0.222. The van der Waals surface area contributed by atoms with Gasteiger partial charge in [0, 0.05) is 18.0 Å². The maximum atomic E-state index is 13.0. The predicted molar refractivity (Wildman–Crippen MR) is 90.6 cm³/mol. The third-order valence-electron chi connectivity index (χ3n) is 3.74. The first-order valence-electron chi connectivity index (χ1n) is 7.71. The first-order chi connectivity index (χ1) is 11.6. The molecule has 122 valence electrons. The molecular formula is C18H17N3O3. The average molecular weight is 323 g/mol. The van der Waals surface area contributed by atoms with E-state index in [4.69, 9.17) is 4.74 Å². The maximum Gasteiger partial charge on any atom is 0.329 e. The lowest BCUT2D eigenvalue weighted by atomic mass is 10.2. The highest BCUT2D eigenvalue weighted by atomic mass is 16.5. The predicted octanol–water partition coefficient (Wildman–Crippen LogP) is 2.58. The van der Waals surface area contributed by atoms with Crippen molar-refractivity contribution >= 4 is 16.9 Å². The van der Waals surface area contributed by atoms with Crippen LogP contribution in [0.5, 0.6) is 0 Å². The van der Waals surface area contributed by atoms with Crippen LogP contribution in [0.15, 0.2) is 53.6 Å². The molecule has 24 heavy (non-hydrogen) atoms. The number of fused-ring (bicyclic) bond motifs is 1. The van der Waals surface area contributed by atoms with Gasteiger partial charge in [-0.05, 0) is 38.1 Å². The highest BCUT2D eigenvalue weighted by Gasteiger charge is 2.23. The maximum absolute atomic E-state index is 13.0. The van der Waals surface area contributed by atoms with Crippen LogP contribution in [0.3, 0.4) is 0 Å². The Kier molecular flexibility index (Phi) is 4.37. The second-order valence-electron chi connectivity index (χ2n) is 5.30. The Morgan fingerprint density at radius 2 is 2.04 bits per heavy atom. The van der Waals surface area contributed by atoms with E-state index in [-0.39, 0.29) is 12.2 Å². The number of rotatable bonds is 4. The molecular weight excluding hydrogens is 306 g/mol. The number of esters is 1. The molecule has 0 N–H and O–H groups in total. The van der Waals surface area contributed by atoms with Crippen molar-refractivity contribution in [1.82, 2.24) is 14.5 Å². The van der Waals surface area contributed by atoms with Gasteiger partial charge in [-0.3, -0.25) is 14.3 Å². The summed E-state index contributed by atoms with van der Waals surface area (Å²) in [5.74, 6) is -0.0748. The van der Waals surface area contributed by atoms with Crippen LogP contribution in [0.1, 0.15) is 19.9 Å². The smallest absolute Gasteiger partial charge is 0.329 e. The molecule has 0 saturated heterocycles. The number of carbonyl (C=O) groups excluding carboxylic acids is 1. The van der Waals surface area contributed by atoms with Crippen LogP contribution >= 0.6 is 0 Å². The van der Waals surface area contributed by atoms with Crippen molar-refractivity contribution in [3.8, 4) is 11.4 Å². The molecule has 1 aromatic carbocycles. The molecule has 0 radical (unpaired) electrons. The van der Waals surface area contributed by atoms with Gasteiger partial charge in [0.15, 0.2) is 0 Å². The van der Waals surface area contributed by atoms with Crippen molar-refractivity contribution < 1.29 is 9.53 Å². The zero-order valence-corrected chi connectivity index (χ0v) is 13.5. The van der Waals surface area contributed by atoms with Crippen molar-refractivity contribution in [2.75, 3.05) is 6.61 Å². The summed E-state index contributed by atoms with van der Waals surface area (Å²) in [5, 5.41) is 0.460. The van der Waals surface area contributed by atoms with Gasteiger partial charge < -0.3 is 4.74 Å². The lowest BCUT2D eigenvalue weighted by molar-refractivity contribution is -0.146. The summed E-state index contributed by atoms with van der Waals surface area (Å²) < 4.78 is 6.45. The van der Waals surface area contributed by atoms with Crippen molar-refractivity contribution in [3.05, 3.63) is 59.1 Å². The molecule has 0 aliphatic heterocycles. The lowest BCUT2D eigenvalue weighted by Gasteiger charge is -2.18. The lowest BCUT2D eigenvalue weighted by Crippen LogP contribution is -2.31. The van der Waals surface area contributed by atoms with Crippen molar-refractivity contribution in [1.29, 1.82) is 0 Å². The van der Waals surface area contributed by atoms with Crippen molar-refractivity contribution in [3.63, 3.8) is 0 Å². The molecule has 0 aliphatic rings. The zero-order chi connectivity index (χ0) is 17.1. The Hall–Kier alpha value is -3.02. The minimum Gasteiger partial charge on any atom is -0.464 e. The van der Waals surface area contributed by atoms with E-state index >= 15 is 0 Å². The van der Waals surface area contributed by atoms with E-state index < -0.39 is 12.0 Å². The van der Waals surface area contributed by atoms with Crippen molar-refractivity contribution in [2.24, 2.45) is 0 Å². The summed E-state index contributed by atoms with van der Waals surface area (Å²) in [7, 11) is 0. The second-order valence-corrected chi connectivity index (χ2v) is 5.30. The van der Waals surface area contributed by atoms with E-state index in [1.807, 2.05) is 6.07 Å². The minimum absolute atomic E-state index is 0.251. The molecule has 3 aromatic rings. The monoisotopic (exact) mass is 323 g/mol. The number of pyridine rings is 1. The van der Waals surface area contributed by atoms with Crippen LogP contribution in [0, 0.1) is 0 Å². The number of hydrogen-bond acceptors (Lipinski definition) is 5. The third kappa shape index (κ3) is 2.78. The topological polar surface area (TPSA) is 74.1 Å². The Morgan fingerprint density at radius 3 is 2.75 bits per heavy atom. The van der Waals surface area contributed by atoms with Crippen LogP contribution in [0.2, 0.25) is 0 Å². The van der Waals surface area contributed by atoms with E-state index in [0.29, 0.717) is 22.3 Å². The molecule has 3 rings (SSSR count). The number of carbonyl (C=O) groups is 1. The quantitative estimate of drug-likeness (QED) is 0.690. The summed E-state index contributed by atoms with van der Waals surface area (Å²) in [6.07, 6.45) is 3.26. The van der Waals surface area contributed by atoms with Crippen LogP contribution in [0.4, 0.5) is 0 Å². The van der Waals surface area contributed by atoms with Gasteiger partial charge in [-0.25, -0.2) is 9.78 Å². The average Bonchev–Trinajstić information content (AvgIpc) is 2.62. The van der Waals surface area contributed by atoms with Crippen LogP contribution < -0.4 is 5.56 Å². The fourth-order valence-corrected chi connectivity index (χ4v) is 2.57. The summed E-state index contributed by atoms with van der Waals surface area (Å²) in [6.45, 7) is 3.62. The number of hydrogen-bond donors (Lipinski definition) is 0. The van der Waals surface area contributed by atoms with E-state index in [9.17, 15) is 9.59 Å². The Bertz CT molecular complexity index is 935. The van der Waals surface area contributed by atoms with Gasteiger partial charge in [-0.15, -0.1) is 0 Å². The van der Waals surface area contributed by atoms with E-state index in [1.165, 1.54) is 4.57 Å². The molecule has 0 fully saturated rings. The number of para-hydroxylation sites is 1. The Balaban J connectivity index is 2.30. The van der Waals surface area contributed by atoms with E-state index in [2.05, 4.69) is 9.97 Å².